The highest BCUT2D eigenvalue weighted by molar-refractivity contribution is 5.83. The molecule has 0 fully saturated rings. The highest BCUT2D eigenvalue weighted by Gasteiger charge is 2.40. The third-order valence-electron chi connectivity index (χ3n) is 3.48. The van der Waals surface area contributed by atoms with Gasteiger partial charge in [0.2, 0.25) is 5.91 Å². The second kappa shape index (κ2) is 7.24. The van der Waals surface area contributed by atoms with E-state index in [9.17, 15) is 9.59 Å². The van der Waals surface area contributed by atoms with E-state index in [0.717, 1.165) is 12.8 Å². The van der Waals surface area contributed by atoms with Crippen molar-refractivity contribution < 1.29 is 14.3 Å². The van der Waals surface area contributed by atoms with Crippen LogP contribution in [0.5, 0.6) is 0 Å². The third kappa shape index (κ3) is 4.57. The minimum Gasteiger partial charge on any atom is -0.453 e. The lowest BCUT2D eigenvalue weighted by Gasteiger charge is -2.34. The Bertz CT molecular complexity index is 461. The van der Waals surface area contributed by atoms with Gasteiger partial charge in [0.1, 0.15) is 17.6 Å². The van der Waals surface area contributed by atoms with Gasteiger partial charge < -0.3 is 27.7 Å². The minimum absolute atomic E-state index is 0.402. The number of hydrogen-bond acceptors (Lipinski definition) is 6. The molecular weight excluding hydrogens is 272 g/mol. The summed E-state index contributed by atoms with van der Waals surface area (Å²) in [6.45, 7) is 2.16. The van der Waals surface area contributed by atoms with Crippen LogP contribution >= 0.6 is 0 Å². The molecule has 0 radical (unpaired) electrons. The molecule has 3 atom stereocenters. The molecule has 0 bridgehead atoms. The van der Waals surface area contributed by atoms with Crippen molar-refractivity contribution in [2.75, 3.05) is 6.54 Å². The number of rotatable bonds is 7. The predicted molar refractivity (Wildman–Crippen MR) is 79.5 cm³/mol. The fraction of sp³-hybridized carbons (Fsp3) is 0.571. The van der Waals surface area contributed by atoms with Crippen LogP contribution in [0.4, 0.5) is 0 Å². The molecule has 21 heavy (non-hydrogen) atoms. The molecule has 0 aromatic rings. The monoisotopic (exact) mass is 296 g/mol. The van der Waals surface area contributed by atoms with E-state index in [4.69, 9.17) is 27.7 Å². The van der Waals surface area contributed by atoms with E-state index in [1.807, 2.05) is 0 Å². The van der Waals surface area contributed by atoms with Crippen molar-refractivity contribution in [3.05, 3.63) is 23.9 Å². The second-order valence-electron chi connectivity index (χ2n) is 5.38. The smallest absolute Gasteiger partial charge is 0.323 e. The van der Waals surface area contributed by atoms with Crippen molar-refractivity contribution in [2.45, 2.75) is 37.8 Å². The molecule has 118 valence electrons. The summed E-state index contributed by atoms with van der Waals surface area (Å²) in [6, 6.07) is -0.751. The topological polar surface area (TPSA) is 147 Å². The maximum atomic E-state index is 12.0. The first-order chi connectivity index (χ1) is 9.80. The van der Waals surface area contributed by atoms with Gasteiger partial charge in [-0.25, -0.2) is 0 Å². The van der Waals surface area contributed by atoms with Crippen LogP contribution in [-0.2, 0) is 14.3 Å². The number of allylic oxidation sites excluding steroid dienone is 1. The summed E-state index contributed by atoms with van der Waals surface area (Å²) in [4.78, 5) is 23.6. The molecule has 8 N–H and O–H groups in total. The van der Waals surface area contributed by atoms with E-state index in [0.29, 0.717) is 18.7 Å². The summed E-state index contributed by atoms with van der Waals surface area (Å²) in [5.41, 5.74) is 21.4. The van der Waals surface area contributed by atoms with Crippen molar-refractivity contribution in [3.63, 3.8) is 0 Å². The Morgan fingerprint density at radius 1 is 1.43 bits per heavy atom. The second-order valence-corrected chi connectivity index (χ2v) is 5.38. The van der Waals surface area contributed by atoms with Gasteiger partial charge in [-0.05, 0) is 44.5 Å². The highest BCUT2D eigenvalue weighted by Crippen LogP contribution is 2.30. The van der Waals surface area contributed by atoms with Gasteiger partial charge in [0.15, 0.2) is 0 Å². The van der Waals surface area contributed by atoms with Crippen LogP contribution in [0.3, 0.4) is 0 Å². The van der Waals surface area contributed by atoms with Gasteiger partial charge in [-0.1, -0.05) is 6.42 Å². The van der Waals surface area contributed by atoms with E-state index in [1.54, 1.807) is 19.1 Å². The van der Waals surface area contributed by atoms with E-state index >= 15 is 0 Å². The molecule has 7 heteroatoms. The fourth-order valence-electron chi connectivity index (χ4n) is 2.16. The molecule has 0 aliphatic heterocycles. The molecule has 0 saturated carbocycles. The van der Waals surface area contributed by atoms with Crippen LogP contribution in [0.15, 0.2) is 23.9 Å². The van der Waals surface area contributed by atoms with E-state index in [-0.39, 0.29) is 0 Å². The zero-order valence-corrected chi connectivity index (χ0v) is 12.2. The zero-order valence-electron chi connectivity index (χ0n) is 12.2. The molecule has 0 saturated heterocycles. The van der Waals surface area contributed by atoms with Crippen LogP contribution in [0.2, 0.25) is 0 Å². The van der Waals surface area contributed by atoms with Gasteiger partial charge in [0.25, 0.3) is 0 Å². The van der Waals surface area contributed by atoms with Gasteiger partial charge >= 0.3 is 5.97 Å². The molecule has 1 rings (SSSR count). The van der Waals surface area contributed by atoms with E-state index in [1.165, 1.54) is 6.08 Å². The predicted octanol–water partition coefficient (Wildman–Crippen LogP) is -0.741. The number of primary amides is 1. The molecule has 7 nitrogen and oxygen atoms in total. The Morgan fingerprint density at radius 3 is 2.67 bits per heavy atom. The van der Waals surface area contributed by atoms with Crippen LogP contribution in [0.25, 0.3) is 0 Å². The van der Waals surface area contributed by atoms with Crippen LogP contribution in [-0.4, -0.2) is 30.1 Å². The van der Waals surface area contributed by atoms with Gasteiger partial charge in [0.05, 0.1) is 0 Å². The Hall–Kier alpha value is -1.86. The summed E-state index contributed by atoms with van der Waals surface area (Å²) in [6.07, 6.45) is 6.63. The normalized spacial score (nSPS) is 26.0. The number of nitrogens with two attached hydrogens (primary N) is 4. The highest BCUT2D eigenvalue weighted by atomic mass is 16.6. The van der Waals surface area contributed by atoms with E-state index < -0.39 is 29.4 Å². The maximum Gasteiger partial charge on any atom is 0.323 e. The molecule has 0 aromatic heterocycles. The lowest BCUT2D eigenvalue weighted by Crippen LogP contribution is -2.48. The number of amides is 1. The maximum absolute atomic E-state index is 12.0. The number of hydrogen-bond donors (Lipinski definition) is 4. The van der Waals surface area contributed by atoms with Crippen molar-refractivity contribution in [2.24, 2.45) is 28.9 Å². The van der Waals surface area contributed by atoms with Gasteiger partial charge in [-0.3, -0.25) is 9.59 Å². The van der Waals surface area contributed by atoms with Crippen molar-refractivity contribution in [3.8, 4) is 0 Å². The molecule has 1 aliphatic rings. The molecule has 2 unspecified atom stereocenters. The lowest BCUT2D eigenvalue weighted by molar-refractivity contribution is -0.160. The van der Waals surface area contributed by atoms with Crippen molar-refractivity contribution >= 4 is 11.9 Å². The Labute approximate surface area is 124 Å². The average Bonchev–Trinajstić information content (AvgIpc) is 2.41. The summed E-state index contributed by atoms with van der Waals surface area (Å²) in [5, 5.41) is 0. The summed E-state index contributed by atoms with van der Waals surface area (Å²) >= 11 is 0. The molecule has 1 aliphatic carbocycles. The standard InChI is InChI=1S/C14H24N4O3/c1-14(6-5-9(16)8-10(14)12(18)19)21-13(20)11(17)4-2-3-7-15/h5-6,8,10-11H,2-4,7,15-17H2,1H3,(H2,18,19)/t10?,11-,14?/m0/s1. The van der Waals surface area contributed by atoms with Crippen LogP contribution in [0.1, 0.15) is 26.2 Å². The van der Waals surface area contributed by atoms with Gasteiger partial charge in [-0.2, -0.15) is 0 Å². The number of ether oxygens (including phenoxy) is 1. The molecule has 0 aromatic carbocycles. The Morgan fingerprint density at radius 2 is 2.10 bits per heavy atom. The van der Waals surface area contributed by atoms with Crippen molar-refractivity contribution in [1.29, 1.82) is 0 Å². The number of carbonyl (C=O) groups is 2. The van der Waals surface area contributed by atoms with Crippen LogP contribution < -0.4 is 22.9 Å². The summed E-state index contributed by atoms with van der Waals surface area (Å²) in [7, 11) is 0. The largest absolute Gasteiger partial charge is 0.453 e. The SMILES string of the molecule is CC1(OC(=O)[C@@H](N)CCCCN)C=CC(N)=CC1C(N)=O. The third-order valence-corrected chi connectivity index (χ3v) is 3.48. The van der Waals surface area contributed by atoms with Crippen LogP contribution in [0, 0.1) is 5.92 Å². The first-order valence-corrected chi connectivity index (χ1v) is 6.94. The summed E-state index contributed by atoms with van der Waals surface area (Å²) in [5.74, 6) is -2.00. The lowest BCUT2D eigenvalue weighted by atomic mass is 9.83. The Balaban J connectivity index is 2.72. The molecular formula is C14H24N4O3. The summed E-state index contributed by atoms with van der Waals surface area (Å²) < 4.78 is 5.41. The van der Waals surface area contributed by atoms with Crippen molar-refractivity contribution in [1.82, 2.24) is 0 Å². The molecule has 0 spiro atoms. The fourth-order valence-corrected chi connectivity index (χ4v) is 2.16. The average molecular weight is 296 g/mol. The zero-order chi connectivity index (χ0) is 16.0. The van der Waals surface area contributed by atoms with E-state index in [2.05, 4.69) is 0 Å². The van der Waals surface area contributed by atoms with Gasteiger partial charge in [0, 0.05) is 5.70 Å². The number of esters is 1. The first-order valence-electron chi connectivity index (χ1n) is 6.94. The quantitative estimate of drug-likeness (QED) is 0.359. The number of unbranched alkanes of at least 4 members (excludes halogenated alkanes) is 1. The minimum atomic E-state index is -1.17. The Kier molecular flexibility index (Phi) is 5.92. The molecule has 1 amide bonds. The van der Waals surface area contributed by atoms with Gasteiger partial charge in [-0.15, -0.1) is 0 Å². The number of carbonyl (C=O) groups excluding carboxylic acids is 2. The molecule has 0 heterocycles. The first kappa shape index (κ1) is 17.2.